The van der Waals surface area contributed by atoms with Crippen molar-refractivity contribution >= 4 is 22.6 Å². The van der Waals surface area contributed by atoms with Crippen LogP contribution in [0.2, 0.25) is 0 Å². The van der Waals surface area contributed by atoms with Crippen LogP contribution in [0.3, 0.4) is 0 Å². The lowest BCUT2D eigenvalue weighted by atomic mass is 9.99. The largest absolute Gasteiger partial charge is 0.573 e. The van der Waals surface area contributed by atoms with Gasteiger partial charge >= 0.3 is 18.0 Å². The zero-order valence-corrected chi connectivity index (χ0v) is 14.8. The highest BCUT2D eigenvalue weighted by atomic mass is 19.4. The highest BCUT2D eigenvalue weighted by molar-refractivity contribution is 6.08. The van der Waals surface area contributed by atoms with E-state index >= 15 is 0 Å². The van der Waals surface area contributed by atoms with Gasteiger partial charge < -0.3 is 24.7 Å². The fourth-order valence-electron chi connectivity index (χ4n) is 2.75. The molecule has 0 atom stereocenters. The lowest BCUT2D eigenvalue weighted by molar-refractivity contribution is -0.274. The third kappa shape index (κ3) is 4.51. The van der Waals surface area contributed by atoms with Crippen molar-refractivity contribution in [1.82, 2.24) is 5.32 Å². The second-order valence-electron chi connectivity index (χ2n) is 5.98. The lowest BCUT2D eigenvalue weighted by Gasteiger charge is -2.11. The van der Waals surface area contributed by atoms with Crippen LogP contribution in [0.25, 0.3) is 21.9 Å². The Bertz CT molecular complexity index is 1200. The predicted molar refractivity (Wildman–Crippen MR) is 96.2 cm³/mol. The number of amides is 1. The number of fused-ring (bicyclic) bond motifs is 1. The Labute approximate surface area is 165 Å². The van der Waals surface area contributed by atoms with Crippen LogP contribution in [0.1, 0.15) is 10.4 Å². The molecule has 0 aliphatic carbocycles. The van der Waals surface area contributed by atoms with Crippen LogP contribution in [0.4, 0.5) is 13.2 Å². The highest BCUT2D eigenvalue weighted by Gasteiger charge is 2.31. The number of ether oxygens (including phenoxy) is 1. The zero-order valence-electron chi connectivity index (χ0n) is 14.8. The van der Waals surface area contributed by atoms with E-state index in [1.807, 2.05) is 5.32 Å². The quantitative estimate of drug-likeness (QED) is 0.576. The Morgan fingerprint density at radius 1 is 1.07 bits per heavy atom. The van der Waals surface area contributed by atoms with Crippen LogP contribution in [-0.2, 0) is 4.79 Å². The van der Waals surface area contributed by atoms with Crippen LogP contribution in [0.5, 0.6) is 11.7 Å². The summed E-state index contributed by atoms with van der Waals surface area (Å²) >= 11 is 0. The first kappa shape index (κ1) is 20.7. The number of carboxylic acids is 1. The maximum atomic E-state index is 12.5. The number of alkyl halides is 3. The van der Waals surface area contributed by atoms with E-state index in [1.54, 1.807) is 0 Å². The summed E-state index contributed by atoms with van der Waals surface area (Å²) in [6.45, 7) is -0.767. The van der Waals surface area contributed by atoms with E-state index in [4.69, 9.17) is 5.11 Å². The highest BCUT2D eigenvalue weighted by Crippen LogP contribution is 2.32. The number of aromatic hydroxyl groups is 1. The molecule has 0 spiro atoms. The molecule has 0 radical (unpaired) electrons. The summed E-state index contributed by atoms with van der Waals surface area (Å²) in [5, 5.41) is 20.5. The Hall–Kier alpha value is -4.02. The van der Waals surface area contributed by atoms with Gasteiger partial charge in [-0.3, -0.25) is 9.59 Å². The number of rotatable bonds is 5. The summed E-state index contributed by atoms with van der Waals surface area (Å²) < 4.78 is 45.9. The molecule has 1 amide bonds. The summed E-state index contributed by atoms with van der Waals surface area (Å²) in [5.41, 5.74) is -1.21. The molecule has 0 aliphatic rings. The Balaban J connectivity index is 2.12. The van der Waals surface area contributed by atoms with Crippen molar-refractivity contribution in [2.24, 2.45) is 0 Å². The molecular weight excluding hydrogens is 411 g/mol. The minimum atomic E-state index is -4.89. The van der Waals surface area contributed by atoms with E-state index in [9.17, 15) is 32.7 Å². The lowest BCUT2D eigenvalue weighted by Crippen LogP contribution is -2.32. The number of hydrogen-bond acceptors (Lipinski definition) is 6. The Kier molecular flexibility index (Phi) is 5.37. The van der Waals surface area contributed by atoms with E-state index in [0.717, 1.165) is 12.1 Å². The van der Waals surface area contributed by atoms with Crippen LogP contribution in [0, 0.1) is 0 Å². The number of nitrogens with one attached hydrogen (secondary N) is 1. The second kappa shape index (κ2) is 7.78. The molecule has 0 unspecified atom stereocenters. The number of hydrogen-bond donors (Lipinski definition) is 3. The fourth-order valence-corrected chi connectivity index (χ4v) is 2.75. The van der Waals surface area contributed by atoms with Crippen LogP contribution in [0.15, 0.2) is 51.7 Å². The van der Waals surface area contributed by atoms with E-state index in [2.05, 4.69) is 9.15 Å². The van der Waals surface area contributed by atoms with Gasteiger partial charge in [0.25, 0.3) is 11.9 Å². The van der Waals surface area contributed by atoms with Crippen molar-refractivity contribution in [2.75, 3.05) is 6.54 Å². The predicted octanol–water partition coefficient (Wildman–Crippen LogP) is 2.88. The number of aliphatic carboxylic acids is 1. The molecule has 0 saturated heterocycles. The minimum Gasteiger partial charge on any atom is -0.480 e. The average Bonchev–Trinajstić information content (AvgIpc) is 2.64. The SMILES string of the molecule is O=C(O)CNC(=O)c1c(=O)oc(O)c2ccc(-c3cccc(OC(F)(F)F)c3)cc12. The smallest absolute Gasteiger partial charge is 0.480 e. The van der Waals surface area contributed by atoms with E-state index < -0.39 is 47.7 Å². The van der Waals surface area contributed by atoms with Gasteiger partial charge in [0.15, 0.2) is 0 Å². The average molecular weight is 423 g/mol. The first-order chi connectivity index (χ1) is 14.0. The van der Waals surface area contributed by atoms with Gasteiger partial charge in [0.2, 0.25) is 0 Å². The van der Waals surface area contributed by atoms with Crippen molar-refractivity contribution in [2.45, 2.75) is 6.36 Å². The van der Waals surface area contributed by atoms with Gasteiger partial charge in [-0.15, -0.1) is 13.2 Å². The minimum absolute atomic E-state index is 0.0264. The molecule has 8 nitrogen and oxygen atoms in total. The summed E-state index contributed by atoms with van der Waals surface area (Å²) in [6.07, 6.45) is -4.89. The molecular formula is C19H12F3NO7. The van der Waals surface area contributed by atoms with Crippen LogP contribution >= 0.6 is 0 Å². The standard InChI is InChI=1S/C19H12F3NO7/c20-19(21,22)30-11-3-1-2-9(6-11)10-4-5-12-13(7-10)15(18(28)29-17(12)27)16(26)23-8-14(24)25/h1-7,27H,8H2,(H,23,26)(H,24,25). The van der Waals surface area contributed by atoms with E-state index in [0.29, 0.717) is 5.56 Å². The third-order valence-electron chi connectivity index (χ3n) is 3.94. The Morgan fingerprint density at radius 2 is 1.77 bits per heavy atom. The van der Waals surface area contributed by atoms with Gasteiger partial charge in [-0.05, 0) is 35.4 Å². The number of carboxylic acid groups (broad SMARTS) is 1. The van der Waals surface area contributed by atoms with Gasteiger partial charge in [0.05, 0.1) is 5.39 Å². The summed E-state index contributed by atoms with van der Waals surface area (Å²) in [7, 11) is 0. The van der Waals surface area contributed by atoms with E-state index in [1.165, 1.54) is 30.3 Å². The fraction of sp³-hybridized carbons (Fsp3) is 0.105. The molecule has 0 bridgehead atoms. The molecule has 11 heteroatoms. The first-order valence-corrected chi connectivity index (χ1v) is 8.21. The molecule has 3 rings (SSSR count). The number of carbonyl (C=O) groups is 2. The summed E-state index contributed by atoms with van der Waals surface area (Å²) in [4.78, 5) is 35.1. The maximum Gasteiger partial charge on any atom is 0.573 e. The molecule has 1 heterocycles. The van der Waals surface area contributed by atoms with Crippen molar-refractivity contribution < 1.29 is 42.1 Å². The number of benzene rings is 2. The van der Waals surface area contributed by atoms with Crippen molar-refractivity contribution in [3.8, 4) is 22.8 Å². The molecule has 3 aromatic rings. The second-order valence-corrected chi connectivity index (χ2v) is 5.98. The molecule has 156 valence electrons. The first-order valence-electron chi connectivity index (χ1n) is 8.21. The number of halogens is 3. The molecule has 0 aliphatic heterocycles. The van der Waals surface area contributed by atoms with Crippen molar-refractivity contribution in [3.05, 3.63) is 58.4 Å². The molecule has 3 N–H and O–H groups in total. The molecule has 0 saturated carbocycles. The topological polar surface area (TPSA) is 126 Å². The molecule has 1 aromatic heterocycles. The van der Waals surface area contributed by atoms with Gasteiger partial charge in [-0.2, -0.15) is 0 Å². The maximum absolute atomic E-state index is 12.5. The van der Waals surface area contributed by atoms with Crippen molar-refractivity contribution in [1.29, 1.82) is 0 Å². The summed E-state index contributed by atoms with van der Waals surface area (Å²) in [5.74, 6) is -3.65. The molecule has 30 heavy (non-hydrogen) atoms. The van der Waals surface area contributed by atoms with E-state index in [-0.39, 0.29) is 16.3 Å². The molecule has 0 fully saturated rings. The zero-order chi connectivity index (χ0) is 22.1. The summed E-state index contributed by atoms with van der Waals surface area (Å²) in [6, 6.07) is 9.00. The van der Waals surface area contributed by atoms with Gasteiger partial charge in [0, 0.05) is 5.39 Å². The number of carbonyl (C=O) groups excluding carboxylic acids is 1. The van der Waals surface area contributed by atoms with Gasteiger partial charge in [0.1, 0.15) is 17.9 Å². The van der Waals surface area contributed by atoms with Gasteiger partial charge in [-0.1, -0.05) is 18.2 Å². The van der Waals surface area contributed by atoms with Crippen LogP contribution < -0.4 is 15.7 Å². The molecule has 2 aromatic carbocycles. The normalized spacial score (nSPS) is 11.3. The monoisotopic (exact) mass is 423 g/mol. The third-order valence-corrected chi connectivity index (χ3v) is 3.94. The van der Waals surface area contributed by atoms with Crippen molar-refractivity contribution in [3.63, 3.8) is 0 Å². The Morgan fingerprint density at radius 3 is 2.43 bits per heavy atom. The van der Waals surface area contributed by atoms with Crippen LogP contribution in [-0.4, -0.2) is 35.0 Å². The van der Waals surface area contributed by atoms with Gasteiger partial charge in [-0.25, -0.2) is 4.79 Å².